The molecule has 0 N–H and O–H groups in total. The molecule has 3 aliphatic rings. The number of likely N-dealkylation sites (N-methyl/N-ethyl adjacent to an activating group) is 1. The molecule has 0 radical (unpaired) electrons. The molecule has 3 aliphatic heterocycles. The van der Waals surface area contributed by atoms with Gasteiger partial charge in [0.25, 0.3) is 5.91 Å². The van der Waals surface area contributed by atoms with E-state index in [2.05, 4.69) is 57.7 Å². The third-order valence-electron chi connectivity index (χ3n) is 9.24. The van der Waals surface area contributed by atoms with E-state index in [1.165, 1.54) is 16.7 Å². The average molecular weight is 589 g/mol. The SMILES string of the molecule is Cc1c(OCCCCN2CCN(C)CC2)ccc([C@H]2CCC[C@H]3CN(C(=O)c4cnc(C(F)(F)F)nc4)CCN32)c1C. The monoisotopic (exact) mass is 588 g/mol. The molecule has 3 saturated heterocycles. The van der Waals surface area contributed by atoms with E-state index in [0.29, 0.717) is 19.6 Å². The minimum absolute atomic E-state index is 0.0881. The van der Waals surface area contributed by atoms with Crippen LogP contribution in [0.25, 0.3) is 0 Å². The van der Waals surface area contributed by atoms with Gasteiger partial charge in [-0.2, -0.15) is 13.2 Å². The lowest BCUT2D eigenvalue weighted by Crippen LogP contribution is -2.57. The maximum Gasteiger partial charge on any atom is 0.451 e. The number of alkyl halides is 3. The number of halogens is 3. The number of aromatic nitrogens is 2. The molecule has 8 nitrogen and oxygen atoms in total. The topological polar surface area (TPSA) is 65.0 Å². The molecule has 0 bridgehead atoms. The highest BCUT2D eigenvalue weighted by atomic mass is 19.4. The minimum Gasteiger partial charge on any atom is -0.493 e. The number of ether oxygens (including phenoxy) is 1. The molecule has 5 rings (SSSR count). The van der Waals surface area contributed by atoms with Crippen LogP contribution in [0.2, 0.25) is 0 Å². The van der Waals surface area contributed by atoms with Gasteiger partial charge in [-0.1, -0.05) is 6.07 Å². The number of fused-ring (bicyclic) bond motifs is 1. The first kappa shape index (κ1) is 30.7. The third-order valence-corrected chi connectivity index (χ3v) is 9.24. The van der Waals surface area contributed by atoms with Crippen LogP contribution >= 0.6 is 0 Å². The van der Waals surface area contributed by atoms with Crippen molar-refractivity contribution in [3.63, 3.8) is 0 Å². The average Bonchev–Trinajstić information content (AvgIpc) is 2.99. The predicted octanol–water partition coefficient (Wildman–Crippen LogP) is 4.57. The van der Waals surface area contributed by atoms with Crippen LogP contribution in [0.5, 0.6) is 5.75 Å². The van der Waals surface area contributed by atoms with Crippen molar-refractivity contribution in [2.45, 2.75) is 64.2 Å². The first-order valence-electron chi connectivity index (χ1n) is 15.2. The number of piperidine rings is 1. The van der Waals surface area contributed by atoms with Crippen LogP contribution in [0.4, 0.5) is 13.2 Å². The van der Waals surface area contributed by atoms with Gasteiger partial charge in [-0.3, -0.25) is 9.69 Å². The number of hydrogen-bond acceptors (Lipinski definition) is 7. The van der Waals surface area contributed by atoms with Crippen LogP contribution < -0.4 is 4.74 Å². The molecule has 11 heteroatoms. The second-order valence-electron chi connectivity index (χ2n) is 12.0. The van der Waals surface area contributed by atoms with E-state index in [9.17, 15) is 18.0 Å². The van der Waals surface area contributed by atoms with Crippen LogP contribution in [0.1, 0.15) is 71.0 Å². The quantitative estimate of drug-likeness (QED) is 0.419. The zero-order valence-corrected chi connectivity index (χ0v) is 25.0. The molecule has 3 fully saturated rings. The van der Waals surface area contributed by atoms with E-state index in [1.54, 1.807) is 4.90 Å². The normalized spacial score (nSPS) is 22.7. The third kappa shape index (κ3) is 7.06. The first-order valence-corrected chi connectivity index (χ1v) is 15.2. The Morgan fingerprint density at radius 3 is 2.43 bits per heavy atom. The summed E-state index contributed by atoms with van der Waals surface area (Å²) in [5.41, 5.74) is 3.85. The van der Waals surface area contributed by atoms with Gasteiger partial charge in [0.2, 0.25) is 5.82 Å². The van der Waals surface area contributed by atoms with Gasteiger partial charge in [-0.25, -0.2) is 9.97 Å². The summed E-state index contributed by atoms with van der Waals surface area (Å²) in [7, 11) is 2.18. The summed E-state index contributed by atoms with van der Waals surface area (Å²) in [6, 6.07) is 4.80. The fourth-order valence-electron chi connectivity index (χ4n) is 6.56. The van der Waals surface area contributed by atoms with Crippen molar-refractivity contribution in [1.29, 1.82) is 0 Å². The van der Waals surface area contributed by atoms with Gasteiger partial charge in [0, 0.05) is 70.3 Å². The molecule has 0 aliphatic carbocycles. The molecule has 2 atom stereocenters. The zero-order chi connectivity index (χ0) is 29.9. The Kier molecular flexibility index (Phi) is 9.69. The van der Waals surface area contributed by atoms with E-state index in [0.717, 1.165) is 89.6 Å². The van der Waals surface area contributed by atoms with Crippen molar-refractivity contribution < 1.29 is 22.7 Å². The van der Waals surface area contributed by atoms with Crippen molar-refractivity contribution in [3.8, 4) is 5.75 Å². The molecule has 1 aromatic heterocycles. The summed E-state index contributed by atoms with van der Waals surface area (Å²) in [6.45, 7) is 12.5. The maximum atomic E-state index is 13.1. The molecule has 0 spiro atoms. The van der Waals surface area contributed by atoms with E-state index >= 15 is 0 Å². The molecule has 1 aromatic carbocycles. The van der Waals surface area contributed by atoms with Gasteiger partial charge in [0.15, 0.2) is 0 Å². The highest BCUT2D eigenvalue weighted by molar-refractivity contribution is 5.93. The second kappa shape index (κ2) is 13.3. The minimum atomic E-state index is -4.63. The van der Waals surface area contributed by atoms with Crippen molar-refractivity contribution in [2.24, 2.45) is 0 Å². The molecule has 0 unspecified atom stereocenters. The summed E-state index contributed by atoms with van der Waals surface area (Å²) in [5, 5.41) is 0. The lowest BCUT2D eigenvalue weighted by molar-refractivity contribution is -0.145. The Labute approximate surface area is 246 Å². The van der Waals surface area contributed by atoms with Crippen LogP contribution in [-0.2, 0) is 6.18 Å². The van der Waals surface area contributed by atoms with Crippen LogP contribution in [0.15, 0.2) is 24.5 Å². The number of hydrogen-bond donors (Lipinski definition) is 0. The van der Waals surface area contributed by atoms with Crippen molar-refractivity contribution >= 4 is 5.91 Å². The van der Waals surface area contributed by atoms with Crippen molar-refractivity contribution in [3.05, 3.63) is 52.6 Å². The molecule has 42 heavy (non-hydrogen) atoms. The largest absolute Gasteiger partial charge is 0.493 e. The fraction of sp³-hybridized carbons (Fsp3) is 0.645. The standard InChI is InChI=1S/C31H43F3N6O2/c1-22-23(2)28(42-18-5-4-11-38-14-12-37(3)13-15-38)10-9-26(22)27-8-6-7-25-21-39(16-17-40(25)27)29(41)24-19-35-30(36-20-24)31(32,33)34/h9-10,19-20,25,27H,4-8,11-18,21H2,1-3H3/t25-,27+/m0/s1. The van der Waals surface area contributed by atoms with E-state index in [4.69, 9.17) is 4.74 Å². The van der Waals surface area contributed by atoms with Crippen molar-refractivity contribution in [1.82, 2.24) is 29.6 Å². The number of carbonyl (C=O) groups excluding carboxylic acids is 1. The number of unbranched alkanes of at least 4 members (excludes halogenated alkanes) is 1. The Balaban J connectivity index is 1.15. The summed E-state index contributed by atoms with van der Waals surface area (Å²) >= 11 is 0. The molecule has 0 saturated carbocycles. The number of nitrogens with zero attached hydrogens (tertiary/aromatic N) is 6. The van der Waals surface area contributed by atoms with Gasteiger partial charge < -0.3 is 19.4 Å². The van der Waals surface area contributed by atoms with E-state index in [-0.39, 0.29) is 23.6 Å². The summed E-state index contributed by atoms with van der Waals surface area (Å²) in [6.07, 6.45) is 2.62. The Morgan fingerprint density at radius 2 is 1.71 bits per heavy atom. The number of carbonyl (C=O) groups is 1. The van der Waals surface area contributed by atoms with Gasteiger partial charge in [0.1, 0.15) is 5.75 Å². The fourth-order valence-corrected chi connectivity index (χ4v) is 6.56. The molecular formula is C31H43F3N6O2. The van der Waals surface area contributed by atoms with Gasteiger partial charge in [-0.05, 0) is 82.3 Å². The lowest BCUT2D eigenvalue weighted by Gasteiger charge is -2.48. The van der Waals surface area contributed by atoms with Crippen LogP contribution in [0.3, 0.4) is 0 Å². The number of amides is 1. The summed E-state index contributed by atoms with van der Waals surface area (Å²) < 4.78 is 44.7. The van der Waals surface area contributed by atoms with Crippen LogP contribution in [-0.4, -0.2) is 108 Å². The Bertz CT molecular complexity index is 1220. The number of benzene rings is 1. The Hall–Kier alpha value is -2.76. The number of rotatable bonds is 8. The maximum absolute atomic E-state index is 13.1. The van der Waals surface area contributed by atoms with E-state index < -0.39 is 12.0 Å². The molecule has 4 heterocycles. The smallest absolute Gasteiger partial charge is 0.451 e. The summed E-state index contributed by atoms with van der Waals surface area (Å²) in [4.78, 5) is 29.0. The van der Waals surface area contributed by atoms with Gasteiger partial charge in [0.05, 0.1) is 12.2 Å². The number of piperazine rings is 2. The molecule has 2 aromatic rings. The lowest BCUT2D eigenvalue weighted by atomic mass is 9.86. The van der Waals surface area contributed by atoms with E-state index in [1.807, 2.05) is 0 Å². The first-order chi connectivity index (χ1) is 20.1. The predicted molar refractivity (Wildman–Crippen MR) is 155 cm³/mol. The van der Waals surface area contributed by atoms with Gasteiger partial charge in [-0.15, -0.1) is 0 Å². The van der Waals surface area contributed by atoms with Crippen LogP contribution in [0, 0.1) is 13.8 Å². The molecule has 230 valence electrons. The Morgan fingerprint density at radius 1 is 0.976 bits per heavy atom. The molecular weight excluding hydrogens is 545 g/mol. The highest BCUT2D eigenvalue weighted by Gasteiger charge is 2.38. The summed E-state index contributed by atoms with van der Waals surface area (Å²) in [5.74, 6) is -0.595. The zero-order valence-electron chi connectivity index (χ0n) is 25.0. The van der Waals surface area contributed by atoms with Crippen molar-refractivity contribution in [2.75, 3.05) is 66.0 Å². The molecule has 1 amide bonds. The van der Waals surface area contributed by atoms with Gasteiger partial charge >= 0.3 is 6.18 Å². The second-order valence-corrected chi connectivity index (χ2v) is 12.0. The highest BCUT2D eigenvalue weighted by Crippen LogP contribution is 2.39.